The van der Waals surface area contributed by atoms with Gasteiger partial charge in [0.15, 0.2) is 0 Å². The first-order valence-electron chi connectivity index (χ1n) is 8.60. The molecule has 0 atom stereocenters. The maximum Gasteiger partial charge on any atom is 0.339 e. The van der Waals surface area contributed by atoms with E-state index in [1.165, 1.54) is 7.11 Å². The van der Waals surface area contributed by atoms with Crippen molar-refractivity contribution < 1.29 is 19.1 Å². The molecular weight excluding hydrogens is 348 g/mol. The summed E-state index contributed by atoms with van der Waals surface area (Å²) in [6.45, 7) is 4.02. The largest absolute Gasteiger partial charge is 0.465 e. The van der Waals surface area contributed by atoms with Crippen molar-refractivity contribution in [3.05, 3.63) is 52.3 Å². The second-order valence-electron chi connectivity index (χ2n) is 6.09. The quantitative estimate of drug-likeness (QED) is 0.557. The van der Waals surface area contributed by atoms with Gasteiger partial charge in [-0.25, -0.2) is 9.59 Å². The summed E-state index contributed by atoms with van der Waals surface area (Å²) in [6, 6.07) is 6.31. The Kier molecular flexibility index (Phi) is 6.59. The van der Waals surface area contributed by atoms with Gasteiger partial charge in [0.25, 0.3) is 5.91 Å². The van der Waals surface area contributed by atoms with Gasteiger partial charge in [0.1, 0.15) is 5.69 Å². The highest BCUT2D eigenvalue weighted by molar-refractivity contribution is 6.00. The SMILES string of the molecule is CCCc1c(C(=O)NCc2ccc(NC(N)=O)cc2)[nH]c(C)c1C(=O)OC. The van der Waals surface area contributed by atoms with Crippen molar-refractivity contribution in [3.63, 3.8) is 0 Å². The minimum atomic E-state index is -0.636. The van der Waals surface area contributed by atoms with Crippen LogP contribution in [0, 0.1) is 6.92 Å². The van der Waals surface area contributed by atoms with E-state index in [0.717, 1.165) is 12.0 Å². The van der Waals surface area contributed by atoms with E-state index in [4.69, 9.17) is 10.5 Å². The Hall–Kier alpha value is -3.29. The molecule has 1 heterocycles. The number of rotatable bonds is 7. The molecule has 0 aliphatic carbocycles. The third-order valence-electron chi connectivity index (χ3n) is 4.08. The molecule has 0 bridgehead atoms. The number of benzene rings is 1. The monoisotopic (exact) mass is 372 g/mol. The van der Waals surface area contributed by atoms with E-state index in [1.54, 1.807) is 31.2 Å². The lowest BCUT2D eigenvalue weighted by molar-refractivity contribution is 0.0599. The van der Waals surface area contributed by atoms with Crippen LogP contribution in [0.15, 0.2) is 24.3 Å². The summed E-state index contributed by atoms with van der Waals surface area (Å²) >= 11 is 0. The summed E-state index contributed by atoms with van der Waals surface area (Å²) in [5, 5.41) is 5.31. The molecule has 0 saturated heterocycles. The van der Waals surface area contributed by atoms with E-state index in [1.807, 2.05) is 6.92 Å². The molecule has 1 aromatic carbocycles. The van der Waals surface area contributed by atoms with E-state index < -0.39 is 12.0 Å². The number of urea groups is 1. The Morgan fingerprint density at radius 1 is 1.19 bits per heavy atom. The predicted octanol–water partition coefficient (Wildman–Crippen LogP) is 2.48. The van der Waals surface area contributed by atoms with Gasteiger partial charge >= 0.3 is 12.0 Å². The number of esters is 1. The van der Waals surface area contributed by atoms with Crippen LogP contribution in [-0.2, 0) is 17.7 Å². The summed E-state index contributed by atoms with van der Waals surface area (Å²) in [5.41, 5.74) is 8.57. The highest BCUT2D eigenvalue weighted by Crippen LogP contribution is 2.22. The van der Waals surface area contributed by atoms with E-state index in [2.05, 4.69) is 15.6 Å². The van der Waals surface area contributed by atoms with Gasteiger partial charge in [-0.05, 0) is 36.6 Å². The molecule has 0 spiro atoms. The average molecular weight is 372 g/mol. The van der Waals surface area contributed by atoms with E-state index in [9.17, 15) is 14.4 Å². The number of hydrogen-bond donors (Lipinski definition) is 4. The van der Waals surface area contributed by atoms with Gasteiger partial charge in [-0.1, -0.05) is 25.5 Å². The first kappa shape index (κ1) is 20.0. The number of carbonyl (C=O) groups excluding carboxylic acids is 3. The van der Waals surface area contributed by atoms with Gasteiger partial charge in [-0.3, -0.25) is 4.79 Å². The van der Waals surface area contributed by atoms with Crippen LogP contribution >= 0.6 is 0 Å². The number of anilines is 1. The fourth-order valence-electron chi connectivity index (χ4n) is 2.87. The maximum atomic E-state index is 12.6. The van der Waals surface area contributed by atoms with E-state index in [0.29, 0.717) is 41.2 Å². The number of nitrogens with two attached hydrogens (primary N) is 1. The number of nitrogens with one attached hydrogen (secondary N) is 3. The molecule has 0 aliphatic rings. The van der Waals surface area contributed by atoms with Crippen LogP contribution in [0.25, 0.3) is 0 Å². The molecule has 8 nitrogen and oxygen atoms in total. The fourth-order valence-corrected chi connectivity index (χ4v) is 2.87. The molecule has 0 fully saturated rings. The van der Waals surface area contributed by atoms with Crippen LogP contribution in [0.4, 0.5) is 10.5 Å². The number of aromatic nitrogens is 1. The number of aromatic amines is 1. The fraction of sp³-hybridized carbons (Fsp3) is 0.316. The number of aryl methyl sites for hydroxylation is 1. The lowest BCUT2D eigenvalue weighted by Crippen LogP contribution is -2.24. The summed E-state index contributed by atoms with van der Waals surface area (Å²) in [6.07, 6.45) is 1.38. The van der Waals surface area contributed by atoms with Crippen LogP contribution in [0.3, 0.4) is 0 Å². The number of amides is 3. The number of hydrogen-bond acceptors (Lipinski definition) is 4. The molecule has 1 aromatic heterocycles. The van der Waals surface area contributed by atoms with Crippen LogP contribution < -0.4 is 16.4 Å². The van der Waals surface area contributed by atoms with Crippen molar-refractivity contribution in [3.8, 4) is 0 Å². The zero-order chi connectivity index (χ0) is 20.0. The zero-order valence-corrected chi connectivity index (χ0v) is 15.6. The highest BCUT2D eigenvalue weighted by atomic mass is 16.5. The molecule has 144 valence electrons. The molecule has 0 aliphatic heterocycles. The summed E-state index contributed by atoms with van der Waals surface area (Å²) < 4.78 is 4.84. The molecule has 27 heavy (non-hydrogen) atoms. The molecule has 0 radical (unpaired) electrons. The molecule has 2 rings (SSSR count). The van der Waals surface area contributed by atoms with Crippen molar-refractivity contribution in [2.75, 3.05) is 12.4 Å². The first-order chi connectivity index (χ1) is 12.9. The lowest BCUT2D eigenvalue weighted by Gasteiger charge is -2.08. The third-order valence-corrected chi connectivity index (χ3v) is 4.08. The smallest absolute Gasteiger partial charge is 0.339 e. The third kappa shape index (κ3) is 4.87. The Balaban J connectivity index is 2.13. The summed E-state index contributed by atoms with van der Waals surface area (Å²) in [4.78, 5) is 38.5. The van der Waals surface area contributed by atoms with Crippen molar-refractivity contribution >= 4 is 23.6 Å². The van der Waals surface area contributed by atoms with Crippen LogP contribution in [0.2, 0.25) is 0 Å². The number of ether oxygens (including phenoxy) is 1. The molecular formula is C19H24N4O4. The van der Waals surface area contributed by atoms with Gasteiger partial charge in [0.05, 0.1) is 12.7 Å². The number of primary amides is 1. The molecule has 0 saturated carbocycles. The van der Waals surface area contributed by atoms with Crippen molar-refractivity contribution in [1.29, 1.82) is 0 Å². The average Bonchev–Trinajstić information content (AvgIpc) is 2.96. The van der Waals surface area contributed by atoms with Crippen LogP contribution in [0.1, 0.15) is 51.0 Å². The van der Waals surface area contributed by atoms with Gasteiger partial charge in [0, 0.05) is 17.9 Å². The van der Waals surface area contributed by atoms with Gasteiger partial charge in [-0.2, -0.15) is 0 Å². The normalized spacial score (nSPS) is 10.3. The van der Waals surface area contributed by atoms with Crippen molar-refractivity contribution in [2.24, 2.45) is 5.73 Å². The minimum Gasteiger partial charge on any atom is -0.465 e. The Labute approximate surface area is 157 Å². The molecule has 2 aromatic rings. The standard InChI is InChI=1S/C19H24N4O4/c1-4-5-14-15(18(25)27-3)11(2)22-16(14)17(24)21-10-12-6-8-13(9-7-12)23-19(20)26/h6-9,22H,4-5,10H2,1-3H3,(H,21,24)(H3,20,23,26). The zero-order valence-electron chi connectivity index (χ0n) is 15.6. The molecule has 0 unspecified atom stereocenters. The van der Waals surface area contributed by atoms with Gasteiger partial charge in [-0.15, -0.1) is 0 Å². The second-order valence-corrected chi connectivity index (χ2v) is 6.09. The first-order valence-corrected chi connectivity index (χ1v) is 8.60. The Morgan fingerprint density at radius 2 is 1.85 bits per heavy atom. The lowest BCUT2D eigenvalue weighted by atomic mass is 10.0. The molecule has 3 amide bonds. The predicted molar refractivity (Wildman–Crippen MR) is 102 cm³/mol. The summed E-state index contributed by atoms with van der Waals surface area (Å²) in [5.74, 6) is -0.750. The van der Waals surface area contributed by atoms with Gasteiger partial charge in [0.2, 0.25) is 0 Å². The van der Waals surface area contributed by atoms with E-state index in [-0.39, 0.29) is 5.91 Å². The second kappa shape index (κ2) is 8.88. The topological polar surface area (TPSA) is 126 Å². The van der Waals surface area contributed by atoms with E-state index >= 15 is 0 Å². The minimum absolute atomic E-state index is 0.295. The summed E-state index contributed by atoms with van der Waals surface area (Å²) in [7, 11) is 1.32. The van der Waals surface area contributed by atoms with Gasteiger partial charge < -0.3 is 26.1 Å². The number of carbonyl (C=O) groups is 3. The van der Waals surface area contributed by atoms with Crippen LogP contribution in [0.5, 0.6) is 0 Å². The highest BCUT2D eigenvalue weighted by Gasteiger charge is 2.24. The maximum absolute atomic E-state index is 12.6. The Bertz CT molecular complexity index is 840. The number of H-pyrrole nitrogens is 1. The Morgan fingerprint density at radius 3 is 2.41 bits per heavy atom. The number of methoxy groups -OCH3 is 1. The van der Waals surface area contributed by atoms with Crippen LogP contribution in [-0.4, -0.2) is 30.0 Å². The van der Waals surface area contributed by atoms with Crippen molar-refractivity contribution in [1.82, 2.24) is 10.3 Å². The molecule has 8 heteroatoms. The van der Waals surface area contributed by atoms with Crippen molar-refractivity contribution in [2.45, 2.75) is 33.2 Å². The molecule has 5 N–H and O–H groups in total.